The van der Waals surface area contributed by atoms with Crippen LogP contribution in [0.1, 0.15) is 31.4 Å². The van der Waals surface area contributed by atoms with Crippen LogP contribution in [0.3, 0.4) is 0 Å². The molecular weight excluding hydrogens is 292 g/mol. The Bertz CT molecular complexity index is 619. The Morgan fingerprint density at radius 2 is 1.96 bits per heavy atom. The summed E-state index contributed by atoms with van der Waals surface area (Å²) in [6, 6.07) is 9.42. The molecule has 122 valence electrons. The standard InChI is InChI=1S/C17H22N4O2/c1-3-14(13-7-4-5-8-15(13)23-2)21-16(22)9-12-20-17-18-10-6-11-19-17/h4-8,10-11,14H,3,9,12H2,1-2H3,(H,21,22)(H,18,19,20)/t14-/m0/s1. The van der Waals surface area contributed by atoms with Gasteiger partial charge in [0.2, 0.25) is 11.9 Å². The number of nitrogens with one attached hydrogen (secondary N) is 2. The number of anilines is 1. The van der Waals surface area contributed by atoms with Crippen LogP contribution in [-0.4, -0.2) is 29.5 Å². The van der Waals surface area contributed by atoms with E-state index in [1.807, 2.05) is 31.2 Å². The van der Waals surface area contributed by atoms with Crippen molar-refractivity contribution in [1.82, 2.24) is 15.3 Å². The number of aromatic nitrogens is 2. The zero-order valence-corrected chi connectivity index (χ0v) is 13.5. The smallest absolute Gasteiger partial charge is 0.222 e. The molecule has 0 radical (unpaired) electrons. The lowest BCUT2D eigenvalue weighted by Gasteiger charge is -2.20. The van der Waals surface area contributed by atoms with Gasteiger partial charge in [-0.25, -0.2) is 9.97 Å². The van der Waals surface area contributed by atoms with Crippen LogP contribution in [0.25, 0.3) is 0 Å². The third-order valence-corrected chi connectivity index (χ3v) is 3.46. The molecule has 1 aromatic heterocycles. The molecule has 6 nitrogen and oxygen atoms in total. The Balaban J connectivity index is 1.87. The van der Waals surface area contributed by atoms with Crippen molar-refractivity contribution in [3.05, 3.63) is 48.3 Å². The van der Waals surface area contributed by atoms with Crippen LogP contribution in [0.15, 0.2) is 42.7 Å². The molecule has 6 heteroatoms. The molecule has 0 aliphatic rings. The van der Waals surface area contributed by atoms with Gasteiger partial charge in [-0.05, 0) is 18.6 Å². The van der Waals surface area contributed by atoms with Crippen LogP contribution < -0.4 is 15.4 Å². The number of hydrogen-bond acceptors (Lipinski definition) is 5. The summed E-state index contributed by atoms with van der Waals surface area (Å²) in [7, 11) is 1.64. The lowest BCUT2D eigenvalue weighted by atomic mass is 10.0. The second-order valence-electron chi connectivity index (χ2n) is 5.02. The fourth-order valence-electron chi connectivity index (χ4n) is 2.30. The first-order valence-electron chi connectivity index (χ1n) is 7.67. The van der Waals surface area contributed by atoms with E-state index < -0.39 is 0 Å². The van der Waals surface area contributed by atoms with E-state index in [4.69, 9.17) is 4.74 Å². The molecule has 1 amide bonds. The van der Waals surface area contributed by atoms with Crippen molar-refractivity contribution in [2.75, 3.05) is 19.0 Å². The second kappa shape index (κ2) is 8.73. The Hall–Kier alpha value is -2.63. The van der Waals surface area contributed by atoms with Gasteiger partial charge in [-0.1, -0.05) is 25.1 Å². The molecular formula is C17H22N4O2. The number of ether oxygens (including phenoxy) is 1. The highest BCUT2D eigenvalue weighted by atomic mass is 16.5. The number of para-hydroxylation sites is 1. The number of benzene rings is 1. The number of carbonyl (C=O) groups is 1. The van der Waals surface area contributed by atoms with Crippen LogP contribution in [0.5, 0.6) is 5.75 Å². The Labute approximate surface area is 136 Å². The first-order chi connectivity index (χ1) is 11.2. The molecule has 0 fully saturated rings. The third kappa shape index (κ3) is 4.95. The van der Waals surface area contributed by atoms with Gasteiger partial charge in [0.25, 0.3) is 0 Å². The zero-order chi connectivity index (χ0) is 16.5. The fraction of sp³-hybridized carbons (Fsp3) is 0.353. The molecule has 2 N–H and O–H groups in total. The summed E-state index contributed by atoms with van der Waals surface area (Å²) in [4.78, 5) is 20.2. The molecule has 0 saturated heterocycles. The first-order valence-corrected chi connectivity index (χ1v) is 7.67. The van der Waals surface area contributed by atoms with Gasteiger partial charge in [0.15, 0.2) is 0 Å². The number of amides is 1. The van der Waals surface area contributed by atoms with Crippen LogP contribution >= 0.6 is 0 Å². The molecule has 1 atom stereocenters. The third-order valence-electron chi connectivity index (χ3n) is 3.46. The first kappa shape index (κ1) is 16.7. The quantitative estimate of drug-likeness (QED) is 0.783. The summed E-state index contributed by atoms with van der Waals surface area (Å²) in [6.45, 7) is 2.52. The largest absolute Gasteiger partial charge is 0.496 e. The van der Waals surface area contributed by atoms with Crippen molar-refractivity contribution in [3.8, 4) is 5.75 Å². The van der Waals surface area contributed by atoms with Crippen LogP contribution in [-0.2, 0) is 4.79 Å². The van der Waals surface area contributed by atoms with Gasteiger partial charge in [-0.15, -0.1) is 0 Å². The van der Waals surface area contributed by atoms with Crippen molar-refractivity contribution < 1.29 is 9.53 Å². The van der Waals surface area contributed by atoms with E-state index in [1.165, 1.54) is 0 Å². The average molecular weight is 314 g/mol. The number of carbonyl (C=O) groups excluding carboxylic acids is 1. The summed E-state index contributed by atoms with van der Waals surface area (Å²) in [5.74, 6) is 1.29. The molecule has 1 aromatic carbocycles. The molecule has 23 heavy (non-hydrogen) atoms. The Morgan fingerprint density at radius 1 is 1.22 bits per heavy atom. The molecule has 0 saturated carbocycles. The highest BCUT2D eigenvalue weighted by Crippen LogP contribution is 2.26. The SMILES string of the molecule is CC[C@H](NC(=O)CCNc1ncccn1)c1ccccc1OC. The maximum atomic E-state index is 12.1. The number of rotatable bonds is 8. The van der Waals surface area contributed by atoms with Crippen molar-refractivity contribution >= 4 is 11.9 Å². The van der Waals surface area contributed by atoms with E-state index in [0.29, 0.717) is 18.9 Å². The summed E-state index contributed by atoms with van der Waals surface area (Å²) in [6.07, 6.45) is 4.46. The van der Waals surface area contributed by atoms with E-state index >= 15 is 0 Å². The van der Waals surface area contributed by atoms with E-state index in [2.05, 4.69) is 20.6 Å². The highest BCUT2D eigenvalue weighted by molar-refractivity contribution is 5.77. The van der Waals surface area contributed by atoms with Crippen molar-refractivity contribution in [2.24, 2.45) is 0 Å². The summed E-state index contributed by atoms with van der Waals surface area (Å²) in [5.41, 5.74) is 0.991. The fourth-order valence-corrected chi connectivity index (χ4v) is 2.30. The monoisotopic (exact) mass is 314 g/mol. The molecule has 0 unspecified atom stereocenters. The zero-order valence-electron chi connectivity index (χ0n) is 13.5. The van der Waals surface area contributed by atoms with E-state index in [-0.39, 0.29) is 11.9 Å². The number of nitrogens with zero attached hydrogens (tertiary/aromatic N) is 2. The van der Waals surface area contributed by atoms with Gasteiger partial charge in [-0.3, -0.25) is 4.79 Å². The normalized spacial score (nSPS) is 11.6. The van der Waals surface area contributed by atoms with Crippen molar-refractivity contribution in [3.63, 3.8) is 0 Å². The minimum Gasteiger partial charge on any atom is -0.496 e. The van der Waals surface area contributed by atoms with Gasteiger partial charge in [-0.2, -0.15) is 0 Å². The average Bonchev–Trinajstić information content (AvgIpc) is 2.60. The van der Waals surface area contributed by atoms with Crippen LogP contribution in [0.2, 0.25) is 0 Å². The lowest BCUT2D eigenvalue weighted by molar-refractivity contribution is -0.121. The Kier molecular flexibility index (Phi) is 6.35. The lowest BCUT2D eigenvalue weighted by Crippen LogP contribution is -2.29. The molecule has 2 rings (SSSR count). The number of methoxy groups -OCH3 is 1. The van der Waals surface area contributed by atoms with Gasteiger partial charge in [0, 0.05) is 30.9 Å². The maximum Gasteiger partial charge on any atom is 0.222 e. The molecule has 0 aliphatic heterocycles. The van der Waals surface area contributed by atoms with E-state index in [9.17, 15) is 4.79 Å². The molecule has 2 aromatic rings. The van der Waals surface area contributed by atoms with Crippen LogP contribution in [0, 0.1) is 0 Å². The van der Waals surface area contributed by atoms with E-state index in [1.54, 1.807) is 25.6 Å². The summed E-state index contributed by atoms with van der Waals surface area (Å²) >= 11 is 0. The summed E-state index contributed by atoms with van der Waals surface area (Å²) in [5, 5.41) is 6.07. The van der Waals surface area contributed by atoms with Gasteiger partial charge < -0.3 is 15.4 Å². The van der Waals surface area contributed by atoms with Gasteiger partial charge in [0.05, 0.1) is 13.2 Å². The number of hydrogen-bond donors (Lipinski definition) is 2. The molecule has 0 bridgehead atoms. The van der Waals surface area contributed by atoms with Gasteiger partial charge in [0.1, 0.15) is 5.75 Å². The minimum atomic E-state index is -0.0633. The van der Waals surface area contributed by atoms with E-state index in [0.717, 1.165) is 17.7 Å². The highest BCUT2D eigenvalue weighted by Gasteiger charge is 2.16. The van der Waals surface area contributed by atoms with Crippen LogP contribution in [0.4, 0.5) is 5.95 Å². The topological polar surface area (TPSA) is 76.1 Å². The van der Waals surface area contributed by atoms with Crippen molar-refractivity contribution in [1.29, 1.82) is 0 Å². The predicted molar refractivity (Wildman–Crippen MR) is 89.3 cm³/mol. The molecule has 0 spiro atoms. The maximum absolute atomic E-state index is 12.1. The summed E-state index contributed by atoms with van der Waals surface area (Å²) < 4.78 is 5.37. The Morgan fingerprint density at radius 3 is 2.65 bits per heavy atom. The molecule has 1 heterocycles. The second-order valence-corrected chi connectivity index (χ2v) is 5.02. The van der Waals surface area contributed by atoms with Crippen molar-refractivity contribution in [2.45, 2.75) is 25.8 Å². The van der Waals surface area contributed by atoms with Gasteiger partial charge >= 0.3 is 0 Å². The predicted octanol–water partition coefficient (Wildman–Crippen LogP) is 2.55. The minimum absolute atomic E-state index is 0.0220. The molecule has 0 aliphatic carbocycles.